The van der Waals surface area contributed by atoms with Crippen LogP contribution in [0, 0.1) is 5.92 Å². The lowest BCUT2D eigenvalue weighted by Crippen LogP contribution is -2.49. The lowest BCUT2D eigenvalue weighted by Gasteiger charge is -2.21. The van der Waals surface area contributed by atoms with Crippen LogP contribution in [0.1, 0.15) is 44.5 Å². The van der Waals surface area contributed by atoms with E-state index < -0.39 is 18.0 Å². The van der Waals surface area contributed by atoms with Gasteiger partial charge in [-0.05, 0) is 23.8 Å². The Hall–Kier alpha value is -1.56. The molecule has 112 valence electrons. The van der Waals surface area contributed by atoms with Gasteiger partial charge in [0.15, 0.2) is 0 Å². The second kappa shape index (κ2) is 7.89. The molecule has 1 aromatic heterocycles. The van der Waals surface area contributed by atoms with Crippen molar-refractivity contribution in [2.75, 3.05) is 0 Å². The van der Waals surface area contributed by atoms with Crippen LogP contribution in [0.4, 0.5) is 4.79 Å². The van der Waals surface area contributed by atoms with Gasteiger partial charge in [0.25, 0.3) is 0 Å². The zero-order valence-corrected chi connectivity index (χ0v) is 12.9. The van der Waals surface area contributed by atoms with E-state index >= 15 is 0 Å². The number of aliphatic carboxylic acids is 1. The van der Waals surface area contributed by atoms with Gasteiger partial charge in [-0.25, -0.2) is 9.59 Å². The summed E-state index contributed by atoms with van der Waals surface area (Å²) in [6, 6.07) is 2.54. The third kappa shape index (κ3) is 4.85. The number of amides is 2. The number of rotatable bonds is 7. The molecule has 0 saturated heterocycles. The normalized spacial score (nSPS) is 13.8. The molecule has 5 nitrogen and oxygen atoms in total. The third-order valence-electron chi connectivity index (χ3n) is 2.99. The Morgan fingerprint density at radius 2 is 2.05 bits per heavy atom. The minimum atomic E-state index is -1.02. The van der Waals surface area contributed by atoms with Crippen molar-refractivity contribution in [3.8, 4) is 0 Å². The van der Waals surface area contributed by atoms with Crippen molar-refractivity contribution >= 4 is 23.3 Å². The molecule has 0 bridgehead atoms. The summed E-state index contributed by atoms with van der Waals surface area (Å²) in [5.41, 5.74) is 0. The molecule has 2 amide bonds. The molecule has 1 unspecified atom stereocenters. The van der Waals surface area contributed by atoms with Gasteiger partial charge in [-0.2, -0.15) is 0 Å². The fourth-order valence-corrected chi connectivity index (χ4v) is 2.73. The Labute approximate surface area is 123 Å². The summed E-state index contributed by atoms with van der Waals surface area (Å²) < 4.78 is 0. The molecule has 0 aromatic carbocycles. The molecule has 1 rings (SSSR count). The number of carboxylic acids is 1. The molecule has 0 saturated carbocycles. The number of carbonyl (C=O) groups is 2. The lowest BCUT2D eigenvalue weighted by atomic mass is 10.1. The third-order valence-corrected chi connectivity index (χ3v) is 3.97. The Kier molecular flexibility index (Phi) is 6.51. The standard InChI is InChI=1S/C14H22N2O3S/c1-4-6-10(11-7-5-8-20-11)15-14(19)16-12(9(2)3)13(17)18/h5,7-10,12H,4,6H2,1-3H3,(H,17,18)(H2,15,16,19)/t10?,12-/m1/s1. The van der Waals surface area contributed by atoms with Crippen molar-refractivity contribution < 1.29 is 14.7 Å². The fraction of sp³-hybridized carbons (Fsp3) is 0.571. The van der Waals surface area contributed by atoms with E-state index in [-0.39, 0.29) is 12.0 Å². The van der Waals surface area contributed by atoms with Crippen molar-refractivity contribution in [2.45, 2.75) is 45.7 Å². The van der Waals surface area contributed by atoms with Crippen molar-refractivity contribution in [3.63, 3.8) is 0 Å². The zero-order chi connectivity index (χ0) is 15.1. The highest BCUT2D eigenvalue weighted by atomic mass is 32.1. The van der Waals surface area contributed by atoms with Crippen molar-refractivity contribution in [1.29, 1.82) is 0 Å². The Morgan fingerprint density at radius 3 is 2.50 bits per heavy atom. The van der Waals surface area contributed by atoms with E-state index in [1.54, 1.807) is 25.2 Å². The first-order chi connectivity index (χ1) is 9.45. The van der Waals surface area contributed by atoms with Gasteiger partial charge in [0.2, 0.25) is 0 Å². The van der Waals surface area contributed by atoms with Crippen LogP contribution >= 0.6 is 11.3 Å². The molecule has 0 radical (unpaired) electrons. The minimum Gasteiger partial charge on any atom is -0.480 e. The lowest BCUT2D eigenvalue weighted by molar-refractivity contribution is -0.140. The molecule has 0 fully saturated rings. The molecular weight excluding hydrogens is 276 g/mol. The first-order valence-electron chi connectivity index (χ1n) is 6.79. The number of carboxylic acid groups (broad SMARTS) is 1. The minimum absolute atomic E-state index is 0.0680. The number of nitrogens with one attached hydrogen (secondary N) is 2. The average Bonchev–Trinajstić information content (AvgIpc) is 2.88. The highest BCUT2D eigenvalue weighted by Gasteiger charge is 2.24. The average molecular weight is 298 g/mol. The first kappa shape index (κ1) is 16.5. The predicted octanol–water partition coefficient (Wildman–Crippen LogP) is 3.00. The number of hydrogen-bond donors (Lipinski definition) is 3. The molecule has 20 heavy (non-hydrogen) atoms. The second-order valence-electron chi connectivity index (χ2n) is 5.03. The van der Waals surface area contributed by atoms with Gasteiger partial charge < -0.3 is 15.7 Å². The van der Waals surface area contributed by atoms with Crippen LogP contribution in [0.5, 0.6) is 0 Å². The summed E-state index contributed by atoms with van der Waals surface area (Å²) in [5.74, 6) is -1.18. The van der Waals surface area contributed by atoms with Gasteiger partial charge in [-0.1, -0.05) is 33.3 Å². The summed E-state index contributed by atoms with van der Waals surface area (Å²) in [6.45, 7) is 5.58. The number of urea groups is 1. The van der Waals surface area contributed by atoms with Crippen LogP contribution in [0.15, 0.2) is 17.5 Å². The number of carbonyl (C=O) groups excluding carboxylic acids is 1. The van der Waals surface area contributed by atoms with Gasteiger partial charge in [0.1, 0.15) is 6.04 Å². The van der Waals surface area contributed by atoms with Gasteiger partial charge in [-0.3, -0.25) is 0 Å². The van der Waals surface area contributed by atoms with Crippen molar-refractivity contribution in [3.05, 3.63) is 22.4 Å². The molecule has 1 aromatic rings. The maximum atomic E-state index is 12.0. The van der Waals surface area contributed by atoms with Crippen LogP contribution in [-0.2, 0) is 4.79 Å². The quantitative estimate of drug-likeness (QED) is 0.724. The van der Waals surface area contributed by atoms with E-state index in [0.29, 0.717) is 0 Å². The van der Waals surface area contributed by atoms with Crippen LogP contribution in [0.25, 0.3) is 0 Å². The van der Waals surface area contributed by atoms with Crippen LogP contribution in [0.2, 0.25) is 0 Å². The molecule has 0 aliphatic heterocycles. The summed E-state index contributed by atoms with van der Waals surface area (Å²) >= 11 is 1.59. The first-order valence-corrected chi connectivity index (χ1v) is 7.66. The van der Waals surface area contributed by atoms with E-state index in [1.807, 2.05) is 24.4 Å². The monoisotopic (exact) mass is 298 g/mol. The topological polar surface area (TPSA) is 78.4 Å². The highest BCUT2D eigenvalue weighted by Crippen LogP contribution is 2.23. The van der Waals surface area contributed by atoms with E-state index in [0.717, 1.165) is 17.7 Å². The van der Waals surface area contributed by atoms with Gasteiger partial charge in [0.05, 0.1) is 6.04 Å². The molecule has 0 spiro atoms. The smallest absolute Gasteiger partial charge is 0.326 e. The van der Waals surface area contributed by atoms with Gasteiger partial charge in [0, 0.05) is 4.88 Å². The SMILES string of the molecule is CCCC(NC(=O)N[C@@H](C(=O)O)C(C)C)c1cccs1. The van der Waals surface area contributed by atoms with Crippen LogP contribution < -0.4 is 10.6 Å². The maximum Gasteiger partial charge on any atom is 0.326 e. The summed E-state index contributed by atoms with van der Waals surface area (Å²) in [4.78, 5) is 24.1. The largest absolute Gasteiger partial charge is 0.480 e. The second-order valence-corrected chi connectivity index (χ2v) is 6.01. The molecule has 1 heterocycles. The summed E-state index contributed by atoms with van der Waals surface area (Å²) in [5, 5.41) is 16.4. The zero-order valence-electron chi connectivity index (χ0n) is 12.1. The highest BCUT2D eigenvalue weighted by molar-refractivity contribution is 7.10. The maximum absolute atomic E-state index is 12.0. The molecule has 6 heteroatoms. The molecule has 3 N–H and O–H groups in total. The summed E-state index contributed by atoms with van der Waals surface area (Å²) in [7, 11) is 0. The van der Waals surface area contributed by atoms with Crippen molar-refractivity contribution in [2.24, 2.45) is 5.92 Å². The fourth-order valence-electron chi connectivity index (χ4n) is 1.92. The van der Waals surface area contributed by atoms with Crippen LogP contribution in [-0.4, -0.2) is 23.1 Å². The molecule has 0 aliphatic rings. The van der Waals surface area contributed by atoms with E-state index in [1.165, 1.54) is 0 Å². The van der Waals surface area contributed by atoms with E-state index in [4.69, 9.17) is 5.11 Å². The number of hydrogen-bond acceptors (Lipinski definition) is 3. The van der Waals surface area contributed by atoms with Crippen molar-refractivity contribution in [1.82, 2.24) is 10.6 Å². The Morgan fingerprint density at radius 1 is 1.35 bits per heavy atom. The van der Waals surface area contributed by atoms with E-state index in [2.05, 4.69) is 10.6 Å². The number of thiophene rings is 1. The van der Waals surface area contributed by atoms with E-state index in [9.17, 15) is 9.59 Å². The molecular formula is C14H22N2O3S. The van der Waals surface area contributed by atoms with Gasteiger partial charge >= 0.3 is 12.0 Å². The Bertz CT molecular complexity index is 432. The summed E-state index contributed by atoms with van der Waals surface area (Å²) in [6.07, 6.45) is 1.77. The molecule has 2 atom stereocenters. The molecule has 0 aliphatic carbocycles. The van der Waals surface area contributed by atoms with Gasteiger partial charge in [-0.15, -0.1) is 11.3 Å². The van der Waals surface area contributed by atoms with Crippen LogP contribution in [0.3, 0.4) is 0 Å². The predicted molar refractivity (Wildman–Crippen MR) is 79.9 cm³/mol. The Balaban J connectivity index is 2.64.